The topological polar surface area (TPSA) is 28.2 Å². The summed E-state index contributed by atoms with van der Waals surface area (Å²) in [5.74, 6) is 2.00. The van der Waals surface area contributed by atoms with Gasteiger partial charge in [-0.3, -0.25) is 0 Å². The van der Waals surface area contributed by atoms with E-state index in [4.69, 9.17) is 4.98 Å². The fourth-order valence-corrected chi connectivity index (χ4v) is 3.24. The zero-order chi connectivity index (χ0) is 14.5. The van der Waals surface area contributed by atoms with Gasteiger partial charge in [0.05, 0.1) is 0 Å². The first kappa shape index (κ1) is 15.3. The van der Waals surface area contributed by atoms with E-state index >= 15 is 0 Å². The van der Waals surface area contributed by atoms with Crippen LogP contribution in [0, 0.1) is 5.92 Å². The molecule has 1 saturated carbocycles. The summed E-state index contributed by atoms with van der Waals surface area (Å²) in [6.07, 6.45) is 6.35. The van der Waals surface area contributed by atoms with Crippen LogP contribution in [0.25, 0.3) is 0 Å². The van der Waals surface area contributed by atoms with Gasteiger partial charge in [0.2, 0.25) is 0 Å². The third kappa shape index (κ3) is 3.72. The molecule has 20 heavy (non-hydrogen) atoms. The van der Waals surface area contributed by atoms with Crippen molar-refractivity contribution in [1.29, 1.82) is 0 Å². The van der Waals surface area contributed by atoms with Gasteiger partial charge in [-0.25, -0.2) is 4.98 Å². The van der Waals surface area contributed by atoms with Crippen LogP contribution in [0.3, 0.4) is 0 Å². The van der Waals surface area contributed by atoms with Crippen molar-refractivity contribution in [2.24, 2.45) is 5.92 Å². The molecule has 0 aromatic carbocycles. The van der Waals surface area contributed by atoms with Crippen molar-refractivity contribution in [2.45, 2.75) is 58.5 Å². The highest BCUT2D eigenvalue weighted by Gasteiger charge is 2.23. The fourth-order valence-electron chi connectivity index (χ4n) is 3.24. The summed E-state index contributed by atoms with van der Waals surface area (Å²) in [7, 11) is 4.21. The maximum atomic E-state index is 4.83. The molecule has 1 fully saturated rings. The van der Waals surface area contributed by atoms with E-state index in [1.165, 1.54) is 36.9 Å². The molecule has 0 bridgehead atoms. The molecule has 1 aromatic heterocycles. The minimum atomic E-state index is 0.654. The van der Waals surface area contributed by atoms with Gasteiger partial charge in [-0.1, -0.05) is 26.7 Å². The number of anilines is 1. The molecular weight excluding hydrogens is 246 g/mol. The van der Waals surface area contributed by atoms with Gasteiger partial charge in [-0.05, 0) is 49.9 Å². The third-order valence-corrected chi connectivity index (χ3v) is 4.49. The minimum absolute atomic E-state index is 0.654. The smallest absolute Gasteiger partial charge is 0.129 e. The average Bonchev–Trinajstić information content (AvgIpc) is 2.46. The molecule has 0 radical (unpaired) electrons. The quantitative estimate of drug-likeness (QED) is 0.893. The Hall–Kier alpha value is -1.09. The van der Waals surface area contributed by atoms with Crippen LogP contribution in [-0.4, -0.2) is 25.1 Å². The highest BCUT2D eigenvalue weighted by atomic mass is 15.2. The van der Waals surface area contributed by atoms with E-state index in [1.807, 2.05) is 7.05 Å². The van der Waals surface area contributed by atoms with Gasteiger partial charge < -0.3 is 10.2 Å². The predicted octanol–water partition coefficient (Wildman–Crippen LogP) is 3.38. The Morgan fingerprint density at radius 1 is 1.35 bits per heavy atom. The number of hydrogen-bond donors (Lipinski definition) is 1. The molecule has 1 N–H and O–H groups in total. The normalized spacial score (nSPS) is 22.8. The van der Waals surface area contributed by atoms with Crippen molar-refractivity contribution >= 4 is 5.82 Å². The van der Waals surface area contributed by atoms with E-state index in [0.29, 0.717) is 6.04 Å². The summed E-state index contributed by atoms with van der Waals surface area (Å²) >= 11 is 0. The van der Waals surface area contributed by atoms with E-state index in [9.17, 15) is 0 Å². The van der Waals surface area contributed by atoms with Crippen molar-refractivity contribution in [3.8, 4) is 0 Å². The van der Waals surface area contributed by atoms with Crippen LogP contribution in [-0.2, 0) is 13.0 Å². The molecule has 112 valence electrons. The second-order valence-corrected chi connectivity index (χ2v) is 6.25. The largest absolute Gasteiger partial charge is 0.357 e. The van der Waals surface area contributed by atoms with E-state index in [0.717, 1.165) is 24.7 Å². The lowest BCUT2D eigenvalue weighted by molar-refractivity contribution is 0.335. The molecule has 1 aliphatic carbocycles. The van der Waals surface area contributed by atoms with Gasteiger partial charge in [0.15, 0.2) is 0 Å². The molecular formula is C17H29N3. The molecule has 1 aliphatic rings. The molecule has 1 aromatic rings. The van der Waals surface area contributed by atoms with Crippen LogP contribution in [0.5, 0.6) is 0 Å². The number of nitrogens with one attached hydrogen (secondary N) is 1. The molecule has 1 heterocycles. The molecule has 0 saturated heterocycles. The molecule has 0 amide bonds. The second-order valence-electron chi connectivity index (χ2n) is 6.25. The molecule has 3 nitrogen and oxygen atoms in total. The van der Waals surface area contributed by atoms with Crippen LogP contribution in [0.1, 0.15) is 50.8 Å². The van der Waals surface area contributed by atoms with Gasteiger partial charge in [0.1, 0.15) is 5.82 Å². The van der Waals surface area contributed by atoms with Gasteiger partial charge in [-0.15, -0.1) is 0 Å². The molecule has 3 heteroatoms. The number of nitrogens with zero attached hydrogens (tertiary/aromatic N) is 2. The standard InChI is InChI=1S/C17H29N3/c1-5-15-10-14(12-18-3)11-17(19-15)20(4)16-8-6-7-13(2)9-16/h10-11,13,16,18H,5-9,12H2,1-4H3. The van der Waals surface area contributed by atoms with Gasteiger partial charge in [-0.2, -0.15) is 0 Å². The second kappa shape index (κ2) is 7.07. The average molecular weight is 275 g/mol. The first-order valence-corrected chi connectivity index (χ1v) is 8.01. The Morgan fingerprint density at radius 2 is 2.15 bits per heavy atom. The maximum absolute atomic E-state index is 4.83. The third-order valence-electron chi connectivity index (χ3n) is 4.49. The zero-order valence-corrected chi connectivity index (χ0v) is 13.4. The van der Waals surface area contributed by atoms with Crippen LogP contribution in [0.15, 0.2) is 12.1 Å². The lowest BCUT2D eigenvalue weighted by atomic mass is 9.86. The summed E-state index contributed by atoms with van der Waals surface area (Å²) in [5.41, 5.74) is 2.54. The van der Waals surface area contributed by atoms with Crippen LogP contribution in [0.4, 0.5) is 5.82 Å². The Kier molecular flexibility index (Phi) is 5.41. The Bertz CT molecular complexity index is 430. The van der Waals surface area contributed by atoms with Gasteiger partial charge in [0, 0.05) is 25.3 Å². The van der Waals surface area contributed by atoms with Gasteiger partial charge in [0.25, 0.3) is 0 Å². The molecule has 2 unspecified atom stereocenters. The maximum Gasteiger partial charge on any atom is 0.129 e. The minimum Gasteiger partial charge on any atom is -0.357 e. The SMILES string of the molecule is CCc1cc(CNC)cc(N(C)C2CCCC(C)C2)n1. The van der Waals surface area contributed by atoms with Crippen LogP contribution < -0.4 is 10.2 Å². The van der Waals surface area contributed by atoms with E-state index in [2.05, 4.69) is 43.2 Å². The highest BCUT2D eigenvalue weighted by Crippen LogP contribution is 2.29. The van der Waals surface area contributed by atoms with Gasteiger partial charge >= 0.3 is 0 Å². The predicted molar refractivity (Wildman–Crippen MR) is 86.2 cm³/mol. The number of pyridine rings is 1. The van der Waals surface area contributed by atoms with Crippen molar-refractivity contribution in [3.63, 3.8) is 0 Å². The van der Waals surface area contributed by atoms with Crippen molar-refractivity contribution < 1.29 is 0 Å². The lowest BCUT2D eigenvalue weighted by Gasteiger charge is -2.35. The first-order chi connectivity index (χ1) is 9.63. The Morgan fingerprint density at radius 3 is 2.80 bits per heavy atom. The first-order valence-electron chi connectivity index (χ1n) is 8.01. The number of aryl methyl sites for hydroxylation is 1. The summed E-state index contributed by atoms with van der Waals surface area (Å²) in [6.45, 7) is 5.47. The summed E-state index contributed by atoms with van der Waals surface area (Å²) in [6, 6.07) is 5.12. The summed E-state index contributed by atoms with van der Waals surface area (Å²) in [5, 5.41) is 3.24. The van der Waals surface area contributed by atoms with Crippen LogP contribution in [0.2, 0.25) is 0 Å². The summed E-state index contributed by atoms with van der Waals surface area (Å²) < 4.78 is 0. The highest BCUT2D eigenvalue weighted by molar-refractivity contribution is 5.43. The van der Waals surface area contributed by atoms with E-state index in [1.54, 1.807) is 0 Å². The van der Waals surface area contributed by atoms with Crippen molar-refractivity contribution in [2.75, 3.05) is 19.0 Å². The molecule has 2 rings (SSSR count). The van der Waals surface area contributed by atoms with E-state index < -0.39 is 0 Å². The number of rotatable bonds is 5. The fraction of sp³-hybridized carbons (Fsp3) is 0.706. The lowest BCUT2D eigenvalue weighted by Crippen LogP contribution is -2.36. The summed E-state index contributed by atoms with van der Waals surface area (Å²) in [4.78, 5) is 7.24. The van der Waals surface area contributed by atoms with Crippen molar-refractivity contribution in [3.05, 3.63) is 23.4 Å². The zero-order valence-electron chi connectivity index (χ0n) is 13.4. The van der Waals surface area contributed by atoms with E-state index in [-0.39, 0.29) is 0 Å². The monoisotopic (exact) mass is 275 g/mol. The number of aromatic nitrogens is 1. The van der Waals surface area contributed by atoms with Crippen LogP contribution >= 0.6 is 0 Å². The number of hydrogen-bond acceptors (Lipinski definition) is 3. The molecule has 2 atom stereocenters. The molecule has 0 spiro atoms. The Balaban J connectivity index is 2.19. The Labute approximate surface area is 123 Å². The van der Waals surface area contributed by atoms with Crippen molar-refractivity contribution in [1.82, 2.24) is 10.3 Å². The molecule has 0 aliphatic heterocycles.